The van der Waals surface area contributed by atoms with Gasteiger partial charge in [0.05, 0.1) is 13.0 Å². The van der Waals surface area contributed by atoms with Crippen molar-refractivity contribution in [2.75, 3.05) is 7.11 Å². The number of hydrogen-bond acceptors (Lipinski definition) is 7. The number of methoxy groups -OCH3 is 1. The highest BCUT2D eigenvalue weighted by Crippen LogP contribution is 2.56. The zero-order chi connectivity index (χ0) is 22.9. The first kappa shape index (κ1) is 23.4. The highest BCUT2D eigenvalue weighted by atomic mass is 16.5. The lowest BCUT2D eigenvalue weighted by Crippen LogP contribution is -2.50. The number of carbonyl (C=O) groups excluding carboxylic acids is 5. The molecule has 31 heavy (non-hydrogen) atoms. The normalized spacial score (nSPS) is 33.8. The Morgan fingerprint density at radius 2 is 1.90 bits per heavy atom. The molecule has 0 radical (unpaired) electrons. The number of amides is 1. The third kappa shape index (κ3) is 4.53. The molecule has 8 heteroatoms. The molecule has 1 saturated heterocycles. The van der Waals surface area contributed by atoms with E-state index in [1.807, 2.05) is 6.92 Å². The number of ketones is 2. The lowest BCUT2D eigenvalue weighted by Gasteiger charge is -2.45. The van der Waals surface area contributed by atoms with Crippen molar-refractivity contribution in [3.63, 3.8) is 0 Å². The summed E-state index contributed by atoms with van der Waals surface area (Å²) in [5, 5.41) is 2.68. The monoisotopic (exact) mass is 435 g/mol. The summed E-state index contributed by atoms with van der Waals surface area (Å²) in [4.78, 5) is 62.3. The molecule has 172 valence electrons. The van der Waals surface area contributed by atoms with Gasteiger partial charge in [0.25, 0.3) is 0 Å². The van der Waals surface area contributed by atoms with Crippen LogP contribution in [0.5, 0.6) is 0 Å². The molecule has 1 N–H and O–H groups in total. The van der Waals surface area contributed by atoms with Crippen LogP contribution in [0.2, 0.25) is 0 Å². The van der Waals surface area contributed by atoms with Gasteiger partial charge in [-0.05, 0) is 37.0 Å². The molecule has 1 heterocycles. The van der Waals surface area contributed by atoms with Gasteiger partial charge in [0, 0.05) is 31.1 Å². The van der Waals surface area contributed by atoms with Gasteiger partial charge in [0.1, 0.15) is 23.7 Å². The molecule has 3 rings (SSSR count). The Kier molecular flexibility index (Phi) is 6.86. The number of ether oxygens (including phenoxy) is 2. The topological polar surface area (TPSA) is 116 Å². The Bertz CT molecular complexity index is 776. The zero-order valence-corrected chi connectivity index (χ0v) is 18.8. The van der Waals surface area contributed by atoms with Crippen molar-refractivity contribution >= 4 is 29.4 Å². The number of rotatable bonds is 6. The van der Waals surface area contributed by atoms with Gasteiger partial charge < -0.3 is 14.8 Å². The third-order valence-corrected chi connectivity index (χ3v) is 7.49. The number of carbonyl (C=O) groups is 5. The minimum atomic E-state index is -0.761. The molecule has 0 aromatic rings. The second kappa shape index (κ2) is 9.09. The highest BCUT2D eigenvalue weighted by molar-refractivity contribution is 5.95. The highest BCUT2D eigenvalue weighted by Gasteiger charge is 2.59. The minimum Gasteiger partial charge on any atom is -0.467 e. The summed E-state index contributed by atoms with van der Waals surface area (Å²) in [5.41, 5.74) is -0.640. The minimum absolute atomic E-state index is 0.0233. The maximum absolute atomic E-state index is 13.1. The fourth-order valence-corrected chi connectivity index (χ4v) is 5.81. The predicted molar refractivity (Wildman–Crippen MR) is 110 cm³/mol. The molecule has 0 aromatic carbocycles. The number of esters is 2. The summed E-state index contributed by atoms with van der Waals surface area (Å²) in [6.45, 7) is 5.50. The van der Waals surface area contributed by atoms with E-state index < -0.39 is 29.4 Å². The van der Waals surface area contributed by atoms with Crippen molar-refractivity contribution in [2.24, 2.45) is 29.1 Å². The van der Waals surface area contributed by atoms with Gasteiger partial charge in [0.15, 0.2) is 0 Å². The largest absolute Gasteiger partial charge is 0.467 e. The molecule has 0 unspecified atom stereocenters. The number of cyclic esters (lactones) is 1. The number of fused-ring (bicyclic) bond motifs is 3. The van der Waals surface area contributed by atoms with Crippen LogP contribution < -0.4 is 5.32 Å². The van der Waals surface area contributed by atoms with E-state index in [1.165, 1.54) is 7.11 Å². The van der Waals surface area contributed by atoms with Crippen LogP contribution in [-0.4, -0.2) is 48.7 Å². The second-order valence-corrected chi connectivity index (χ2v) is 9.74. The van der Waals surface area contributed by atoms with Crippen LogP contribution in [0.1, 0.15) is 65.7 Å². The van der Waals surface area contributed by atoms with Gasteiger partial charge >= 0.3 is 11.9 Å². The Morgan fingerprint density at radius 3 is 2.55 bits per heavy atom. The van der Waals surface area contributed by atoms with Crippen molar-refractivity contribution < 1.29 is 33.4 Å². The van der Waals surface area contributed by atoms with Crippen molar-refractivity contribution in [1.82, 2.24) is 5.32 Å². The summed E-state index contributed by atoms with van der Waals surface area (Å²) >= 11 is 0. The average Bonchev–Trinajstić information content (AvgIpc) is 2.89. The van der Waals surface area contributed by atoms with E-state index in [0.29, 0.717) is 12.8 Å². The Labute approximate surface area is 182 Å². The van der Waals surface area contributed by atoms with E-state index in [2.05, 4.69) is 5.32 Å². The summed E-state index contributed by atoms with van der Waals surface area (Å²) in [7, 11) is 1.27. The van der Waals surface area contributed by atoms with Crippen LogP contribution in [0.25, 0.3) is 0 Å². The van der Waals surface area contributed by atoms with E-state index >= 15 is 0 Å². The molecule has 3 aliphatic rings. The van der Waals surface area contributed by atoms with Crippen LogP contribution in [-0.2, 0) is 33.4 Å². The smallest absolute Gasteiger partial charge is 0.328 e. The van der Waals surface area contributed by atoms with Gasteiger partial charge in [0.2, 0.25) is 5.91 Å². The molecule has 1 amide bonds. The van der Waals surface area contributed by atoms with Crippen LogP contribution in [0.3, 0.4) is 0 Å². The van der Waals surface area contributed by atoms with Crippen molar-refractivity contribution in [3.8, 4) is 0 Å². The van der Waals surface area contributed by atoms with Crippen LogP contribution in [0.15, 0.2) is 0 Å². The first-order chi connectivity index (χ1) is 14.6. The Morgan fingerprint density at radius 1 is 1.19 bits per heavy atom. The SMILES string of the molecule is COC(=O)[C@@H](NC(=O)CC[C@H]1OC(=O)CC[C@@H]2[C@@H]1C(=O)C[C@]1(C)C(=O)CC[C@@H]21)C(C)C. The number of nitrogens with one attached hydrogen (secondary N) is 1. The lowest BCUT2D eigenvalue weighted by atomic mass is 9.57. The van der Waals surface area contributed by atoms with Gasteiger partial charge in [-0.2, -0.15) is 0 Å². The van der Waals surface area contributed by atoms with E-state index in [9.17, 15) is 24.0 Å². The van der Waals surface area contributed by atoms with Crippen molar-refractivity contribution in [3.05, 3.63) is 0 Å². The molecule has 6 atom stereocenters. The third-order valence-electron chi connectivity index (χ3n) is 7.49. The molecular formula is C23H33NO7. The summed E-state index contributed by atoms with van der Waals surface area (Å²) < 4.78 is 10.4. The van der Waals surface area contributed by atoms with E-state index in [0.717, 1.165) is 6.42 Å². The van der Waals surface area contributed by atoms with Crippen molar-refractivity contribution in [2.45, 2.75) is 77.9 Å². The molecule has 3 fully saturated rings. The van der Waals surface area contributed by atoms with E-state index in [1.54, 1.807) is 13.8 Å². The predicted octanol–water partition coefficient (Wildman–Crippen LogP) is 1.98. The van der Waals surface area contributed by atoms with Crippen LogP contribution in [0, 0.1) is 29.1 Å². The molecule has 2 saturated carbocycles. The zero-order valence-electron chi connectivity index (χ0n) is 18.8. The fraction of sp³-hybridized carbons (Fsp3) is 0.783. The maximum atomic E-state index is 13.1. The quantitative estimate of drug-likeness (QED) is 0.634. The standard InChI is InChI=1S/C23H33NO7/c1-12(2)21(22(29)30-4)24-18(27)9-7-16-20-13(5-10-19(28)31-16)14-6-8-17(26)23(14,3)11-15(20)25/h12-14,16,20-21H,5-11H2,1-4H3,(H,24,27)/t13-,14-,16+,20+,21-,23-/m0/s1. The molecule has 1 aliphatic heterocycles. The van der Waals surface area contributed by atoms with Gasteiger partial charge in [-0.15, -0.1) is 0 Å². The molecule has 2 aliphatic carbocycles. The Balaban J connectivity index is 1.72. The summed E-state index contributed by atoms with van der Waals surface area (Å²) in [5.74, 6) is -1.80. The molecule has 0 aromatic heterocycles. The summed E-state index contributed by atoms with van der Waals surface area (Å²) in [6, 6.07) is -0.761. The lowest BCUT2D eigenvalue weighted by molar-refractivity contribution is -0.157. The first-order valence-electron chi connectivity index (χ1n) is 11.2. The molecule has 8 nitrogen and oxygen atoms in total. The number of Topliss-reactive ketones (excluding diaryl/α,β-unsaturated/α-hetero) is 2. The first-order valence-corrected chi connectivity index (χ1v) is 11.2. The molecular weight excluding hydrogens is 402 g/mol. The Hall–Kier alpha value is -2.25. The number of hydrogen-bond donors (Lipinski definition) is 1. The van der Waals surface area contributed by atoms with Crippen LogP contribution in [0.4, 0.5) is 0 Å². The maximum Gasteiger partial charge on any atom is 0.328 e. The fourth-order valence-electron chi connectivity index (χ4n) is 5.81. The van der Waals surface area contributed by atoms with E-state index in [4.69, 9.17) is 9.47 Å². The van der Waals surface area contributed by atoms with Gasteiger partial charge in [-0.3, -0.25) is 19.2 Å². The van der Waals surface area contributed by atoms with Gasteiger partial charge in [-0.1, -0.05) is 20.8 Å². The van der Waals surface area contributed by atoms with Gasteiger partial charge in [-0.25, -0.2) is 4.79 Å². The molecule has 0 spiro atoms. The summed E-state index contributed by atoms with van der Waals surface area (Å²) in [6.07, 6.45) is 1.68. The van der Waals surface area contributed by atoms with Crippen LogP contribution >= 0.6 is 0 Å². The average molecular weight is 436 g/mol. The van der Waals surface area contributed by atoms with E-state index in [-0.39, 0.29) is 66.9 Å². The van der Waals surface area contributed by atoms with Crippen molar-refractivity contribution in [1.29, 1.82) is 0 Å². The molecule has 0 bridgehead atoms. The second-order valence-electron chi connectivity index (χ2n) is 9.74.